The van der Waals surface area contributed by atoms with E-state index < -0.39 is 10.7 Å². The summed E-state index contributed by atoms with van der Waals surface area (Å²) in [6.07, 6.45) is 0. The molecule has 0 amide bonds. The predicted molar refractivity (Wildman–Crippen MR) is 77.1 cm³/mol. The van der Waals surface area contributed by atoms with E-state index in [2.05, 4.69) is 5.32 Å². The first-order valence-corrected chi connectivity index (χ1v) is 6.38. The van der Waals surface area contributed by atoms with Crippen LogP contribution in [0.3, 0.4) is 0 Å². The maximum absolute atomic E-state index is 14.0. The van der Waals surface area contributed by atoms with Crippen LogP contribution in [0.25, 0.3) is 0 Å². The molecule has 0 fully saturated rings. The van der Waals surface area contributed by atoms with Gasteiger partial charge in [0.25, 0.3) is 0 Å². The van der Waals surface area contributed by atoms with Gasteiger partial charge in [-0.1, -0.05) is 24.3 Å². The number of nitrogens with one attached hydrogen (secondary N) is 1. The zero-order chi connectivity index (χ0) is 15.4. The number of para-hydroxylation sites is 2. The number of nitro benzene ring substituents is 1. The normalized spacial score (nSPS) is 10.4. The molecule has 0 aliphatic heterocycles. The van der Waals surface area contributed by atoms with Crippen molar-refractivity contribution in [3.05, 3.63) is 63.5 Å². The molecule has 21 heavy (non-hydrogen) atoms. The lowest BCUT2D eigenvalue weighted by atomic mass is 10.1. The Morgan fingerprint density at radius 2 is 2.00 bits per heavy atom. The molecule has 0 saturated carbocycles. The first kappa shape index (κ1) is 14.9. The standard InChI is InChI=1S/C15H15FN2O3/c1-10-5-3-8-13(14(10)18(19)20)21-15-11(9-17-2)6-4-7-12(15)16/h3-8,17H,9H2,1-2H3. The van der Waals surface area contributed by atoms with Crippen molar-refractivity contribution in [2.75, 3.05) is 7.05 Å². The van der Waals surface area contributed by atoms with Gasteiger partial charge in [0.1, 0.15) is 0 Å². The van der Waals surface area contributed by atoms with E-state index in [1.165, 1.54) is 12.1 Å². The second kappa shape index (κ2) is 6.32. The Morgan fingerprint density at radius 1 is 1.29 bits per heavy atom. The number of hydrogen-bond donors (Lipinski definition) is 1. The van der Waals surface area contributed by atoms with Crippen molar-refractivity contribution in [3.63, 3.8) is 0 Å². The van der Waals surface area contributed by atoms with Crippen LogP contribution in [0.4, 0.5) is 10.1 Å². The Bertz CT molecular complexity index is 674. The van der Waals surface area contributed by atoms with Crippen LogP contribution >= 0.6 is 0 Å². The van der Waals surface area contributed by atoms with E-state index in [1.54, 1.807) is 38.2 Å². The average molecular weight is 290 g/mol. The van der Waals surface area contributed by atoms with Crippen LogP contribution in [0.15, 0.2) is 36.4 Å². The summed E-state index contributed by atoms with van der Waals surface area (Å²) in [5, 5.41) is 14.1. The molecule has 0 saturated heterocycles. The van der Waals surface area contributed by atoms with Crippen molar-refractivity contribution in [2.45, 2.75) is 13.5 Å². The summed E-state index contributed by atoms with van der Waals surface area (Å²) in [5.74, 6) is -0.526. The third-order valence-corrected chi connectivity index (χ3v) is 3.01. The first-order valence-electron chi connectivity index (χ1n) is 6.38. The molecule has 1 N–H and O–H groups in total. The van der Waals surface area contributed by atoms with Gasteiger partial charge in [0.05, 0.1) is 4.92 Å². The van der Waals surface area contributed by atoms with Gasteiger partial charge in [-0.3, -0.25) is 10.1 Å². The SMILES string of the molecule is CNCc1cccc(F)c1Oc1cccc(C)c1[N+](=O)[O-]. The third kappa shape index (κ3) is 3.17. The van der Waals surface area contributed by atoms with Crippen LogP contribution < -0.4 is 10.1 Å². The van der Waals surface area contributed by atoms with E-state index >= 15 is 0 Å². The van der Waals surface area contributed by atoms with Crippen LogP contribution in [0.5, 0.6) is 11.5 Å². The van der Waals surface area contributed by atoms with Gasteiger partial charge in [0, 0.05) is 17.7 Å². The molecule has 110 valence electrons. The molecular weight excluding hydrogens is 275 g/mol. The number of aryl methyl sites for hydroxylation is 1. The lowest BCUT2D eigenvalue weighted by Gasteiger charge is -2.12. The molecule has 0 heterocycles. The van der Waals surface area contributed by atoms with Gasteiger partial charge < -0.3 is 10.1 Å². The zero-order valence-electron chi connectivity index (χ0n) is 11.7. The lowest BCUT2D eigenvalue weighted by Crippen LogP contribution is -2.07. The van der Waals surface area contributed by atoms with Gasteiger partial charge >= 0.3 is 5.69 Å². The largest absolute Gasteiger partial charge is 0.447 e. The van der Waals surface area contributed by atoms with E-state index in [0.717, 1.165) is 0 Å². The minimum atomic E-state index is -0.557. The summed E-state index contributed by atoms with van der Waals surface area (Å²) in [5.41, 5.74) is 0.897. The highest BCUT2D eigenvalue weighted by Crippen LogP contribution is 2.36. The van der Waals surface area contributed by atoms with Crippen LogP contribution in [-0.4, -0.2) is 12.0 Å². The van der Waals surface area contributed by atoms with Gasteiger partial charge in [0.15, 0.2) is 11.6 Å². The van der Waals surface area contributed by atoms with E-state index in [0.29, 0.717) is 17.7 Å². The quantitative estimate of drug-likeness (QED) is 0.675. The predicted octanol–water partition coefficient (Wildman–Crippen LogP) is 3.55. The maximum atomic E-state index is 14.0. The van der Waals surface area contributed by atoms with Gasteiger partial charge in [-0.2, -0.15) is 0 Å². The molecule has 2 aromatic carbocycles. The number of nitrogens with zero attached hydrogens (tertiary/aromatic N) is 1. The fourth-order valence-corrected chi connectivity index (χ4v) is 2.06. The highest BCUT2D eigenvalue weighted by molar-refractivity contribution is 5.54. The number of benzene rings is 2. The number of nitro groups is 1. The molecule has 0 aromatic heterocycles. The van der Waals surface area contributed by atoms with Gasteiger partial charge in [-0.25, -0.2) is 4.39 Å². The molecule has 0 spiro atoms. The molecule has 5 nitrogen and oxygen atoms in total. The van der Waals surface area contributed by atoms with Crippen LogP contribution in [0, 0.1) is 22.9 Å². The van der Waals surface area contributed by atoms with Crippen molar-refractivity contribution >= 4 is 5.69 Å². The van der Waals surface area contributed by atoms with E-state index in [1.807, 2.05) is 0 Å². The van der Waals surface area contributed by atoms with Crippen LogP contribution in [0.1, 0.15) is 11.1 Å². The molecular formula is C15H15FN2O3. The van der Waals surface area contributed by atoms with Crippen LogP contribution in [0.2, 0.25) is 0 Å². The first-order chi connectivity index (χ1) is 10.0. The molecule has 6 heteroatoms. The number of ether oxygens (including phenoxy) is 1. The Labute approximate surface area is 121 Å². The van der Waals surface area contributed by atoms with E-state index in [9.17, 15) is 14.5 Å². The summed E-state index contributed by atoms with van der Waals surface area (Å²) in [6.45, 7) is 2.01. The molecule has 0 aliphatic carbocycles. The van der Waals surface area contributed by atoms with Crippen molar-refractivity contribution in [1.29, 1.82) is 0 Å². The summed E-state index contributed by atoms with van der Waals surface area (Å²) in [6, 6.07) is 9.24. The van der Waals surface area contributed by atoms with Gasteiger partial charge in [0.2, 0.25) is 5.75 Å². The topological polar surface area (TPSA) is 64.4 Å². The monoisotopic (exact) mass is 290 g/mol. The summed E-state index contributed by atoms with van der Waals surface area (Å²) in [4.78, 5) is 10.6. The zero-order valence-corrected chi connectivity index (χ0v) is 11.7. The van der Waals surface area contributed by atoms with Crippen molar-refractivity contribution in [3.8, 4) is 11.5 Å². The Hall–Kier alpha value is -2.47. The Balaban J connectivity index is 2.48. The Kier molecular flexibility index (Phi) is 4.49. The molecule has 0 bridgehead atoms. The number of rotatable bonds is 5. The fraction of sp³-hybridized carbons (Fsp3) is 0.200. The van der Waals surface area contributed by atoms with Crippen molar-refractivity contribution in [2.24, 2.45) is 0 Å². The summed E-state index contributed by atoms with van der Waals surface area (Å²) in [7, 11) is 1.73. The Morgan fingerprint density at radius 3 is 2.67 bits per heavy atom. The smallest absolute Gasteiger partial charge is 0.314 e. The molecule has 0 atom stereocenters. The average Bonchev–Trinajstić information content (AvgIpc) is 2.42. The third-order valence-electron chi connectivity index (χ3n) is 3.01. The highest BCUT2D eigenvalue weighted by atomic mass is 19.1. The highest BCUT2D eigenvalue weighted by Gasteiger charge is 2.21. The summed E-state index contributed by atoms with van der Waals surface area (Å²) >= 11 is 0. The molecule has 0 unspecified atom stereocenters. The van der Waals surface area contributed by atoms with Gasteiger partial charge in [-0.15, -0.1) is 0 Å². The minimum Gasteiger partial charge on any atom is -0.447 e. The number of halogens is 1. The molecule has 2 rings (SSSR count). The molecule has 0 radical (unpaired) electrons. The lowest BCUT2D eigenvalue weighted by molar-refractivity contribution is -0.386. The van der Waals surface area contributed by atoms with E-state index in [4.69, 9.17) is 4.74 Å². The molecule has 0 aliphatic rings. The second-order valence-corrected chi connectivity index (χ2v) is 4.54. The van der Waals surface area contributed by atoms with Crippen molar-refractivity contribution < 1.29 is 14.1 Å². The fourth-order valence-electron chi connectivity index (χ4n) is 2.06. The molecule has 2 aromatic rings. The van der Waals surface area contributed by atoms with Crippen molar-refractivity contribution in [1.82, 2.24) is 5.32 Å². The number of hydrogen-bond acceptors (Lipinski definition) is 4. The van der Waals surface area contributed by atoms with Gasteiger partial charge in [-0.05, 0) is 26.1 Å². The van der Waals surface area contributed by atoms with E-state index in [-0.39, 0.29) is 17.2 Å². The second-order valence-electron chi connectivity index (χ2n) is 4.54. The minimum absolute atomic E-state index is 0.000509. The maximum Gasteiger partial charge on any atom is 0.314 e. The summed E-state index contributed by atoms with van der Waals surface area (Å²) < 4.78 is 19.5. The van der Waals surface area contributed by atoms with Crippen LogP contribution in [-0.2, 0) is 6.54 Å².